The molecule has 0 saturated heterocycles. The number of nitrogens with one attached hydrogen (secondary N) is 2. The van der Waals surface area contributed by atoms with Gasteiger partial charge in [0, 0.05) is 16.1 Å². The molecular weight excluding hydrogens is 336 g/mol. The van der Waals surface area contributed by atoms with Crippen LogP contribution in [-0.2, 0) is 0 Å². The summed E-state index contributed by atoms with van der Waals surface area (Å²) in [5, 5.41) is 17.6. The first-order valence-corrected chi connectivity index (χ1v) is 8.66. The molecule has 0 saturated carbocycles. The van der Waals surface area contributed by atoms with Crippen LogP contribution in [0.3, 0.4) is 0 Å². The standard InChI is InChI=1S/C19H21ClN4O/c1-3-14(11-25)21-18-15-6-4-5-7-16(15)22-19(24-18)23-17-10-13(20)9-8-12(17)2/h4-10,14,25H,3,11H2,1-2H3,(H2,21,22,23,24). The van der Waals surface area contributed by atoms with E-state index in [0.717, 1.165) is 28.6 Å². The molecular formula is C19H21ClN4O. The minimum atomic E-state index is -0.0564. The van der Waals surface area contributed by atoms with Gasteiger partial charge in [-0.2, -0.15) is 4.98 Å². The summed E-state index contributed by atoms with van der Waals surface area (Å²) in [6, 6.07) is 13.4. The molecule has 0 aliphatic heterocycles. The first-order chi connectivity index (χ1) is 12.1. The Morgan fingerprint density at radius 2 is 1.96 bits per heavy atom. The van der Waals surface area contributed by atoms with Crippen molar-refractivity contribution >= 4 is 40.0 Å². The number of para-hydroxylation sites is 1. The van der Waals surface area contributed by atoms with Crippen LogP contribution in [-0.4, -0.2) is 27.7 Å². The van der Waals surface area contributed by atoms with Crippen LogP contribution in [0.1, 0.15) is 18.9 Å². The fraction of sp³-hybridized carbons (Fsp3) is 0.263. The van der Waals surface area contributed by atoms with Gasteiger partial charge in [-0.15, -0.1) is 0 Å². The summed E-state index contributed by atoms with van der Waals surface area (Å²) in [7, 11) is 0. The molecule has 1 aromatic heterocycles. The molecule has 0 fully saturated rings. The maximum atomic E-state index is 9.49. The Hall–Kier alpha value is -2.37. The van der Waals surface area contributed by atoms with E-state index in [1.54, 1.807) is 0 Å². The highest BCUT2D eigenvalue weighted by Crippen LogP contribution is 2.27. The van der Waals surface area contributed by atoms with E-state index in [2.05, 4.69) is 20.6 Å². The molecule has 3 aromatic rings. The molecule has 130 valence electrons. The Morgan fingerprint density at radius 1 is 1.16 bits per heavy atom. The summed E-state index contributed by atoms with van der Waals surface area (Å²) < 4.78 is 0. The van der Waals surface area contributed by atoms with E-state index in [1.165, 1.54) is 0 Å². The highest BCUT2D eigenvalue weighted by molar-refractivity contribution is 6.30. The number of halogens is 1. The molecule has 3 N–H and O–H groups in total. The number of rotatable bonds is 6. The van der Waals surface area contributed by atoms with Crippen LogP contribution in [0.15, 0.2) is 42.5 Å². The summed E-state index contributed by atoms with van der Waals surface area (Å²) >= 11 is 6.09. The Balaban J connectivity index is 2.02. The first-order valence-electron chi connectivity index (χ1n) is 8.28. The lowest BCUT2D eigenvalue weighted by Gasteiger charge is -2.17. The van der Waals surface area contributed by atoms with Crippen LogP contribution in [0.2, 0.25) is 5.02 Å². The number of aliphatic hydroxyl groups is 1. The van der Waals surface area contributed by atoms with Gasteiger partial charge in [0.05, 0.1) is 18.2 Å². The van der Waals surface area contributed by atoms with Gasteiger partial charge in [-0.25, -0.2) is 4.98 Å². The summed E-state index contributed by atoms with van der Waals surface area (Å²) in [6.45, 7) is 4.06. The summed E-state index contributed by atoms with van der Waals surface area (Å²) in [5.41, 5.74) is 2.75. The summed E-state index contributed by atoms with van der Waals surface area (Å²) in [4.78, 5) is 9.21. The molecule has 0 radical (unpaired) electrons. The lowest BCUT2D eigenvalue weighted by molar-refractivity contribution is 0.271. The number of hydrogen-bond acceptors (Lipinski definition) is 5. The molecule has 0 spiro atoms. The van der Waals surface area contributed by atoms with Gasteiger partial charge in [0.15, 0.2) is 0 Å². The predicted molar refractivity (Wildman–Crippen MR) is 104 cm³/mol. The van der Waals surface area contributed by atoms with Gasteiger partial charge in [-0.1, -0.05) is 36.7 Å². The van der Waals surface area contributed by atoms with Gasteiger partial charge in [0.25, 0.3) is 0 Å². The summed E-state index contributed by atoms with van der Waals surface area (Å²) in [6.07, 6.45) is 0.797. The highest BCUT2D eigenvalue weighted by Gasteiger charge is 2.12. The molecule has 1 heterocycles. The zero-order chi connectivity index (χ0) is 17.8. The molecule has 0 amide bonds. The Labute approximate surface area is 152 Å². The number of aliphatic hydroxyl groups excluding tert-OH is 1. The molecule has 6 heteroatoms. The van der Waals surface area contributed by atoms with Crippen molar-refractivity contribution in [3.8, 4) is 0 Å². The van der Waals surface area contributed by atoms with Gasteiger partial charge >= 0.3 is 0 Å². The zero-order valence-corrected chi connectivity index (χ0v) is 15.0. The third-order valence-corrected chi connectivity index (χ3v) is 4.34. The Morgan fingerprint density at radius 3 is 2.72 bits per heavy atom. The van der Waals surface area contributed by atoms with Crippen LogP contribution < -0.4 is 10.6 Å². The van der Waals surface area contributed by atoms with Crippen molar-refractivity contribution in [1.82, 2.24) is 9.97 Å². The normalized spacial score (nSPS) is 12.2. The van der Waals surface area contributed by atoms with Crippen molar-refractivity contribution in [2.24, 2.45) is 0 Å². The number of hydrogen-bond donors (Lipinski definition) is 3. The predicted octanol–water partition coefficient (Wildman–Crippen LogP) is 4.52. The average molecular weight is 357 g/mol. The van der Waals surface area contributed by atoms with Crippen LogP contribution >= 0.6 is 11.6 Å². The number of anilines is 3. The Bertz CT molecular complexity index is 880. The van der Waals surface area contributed by atoms with Crippen molar-refractivity contribution in [3.05, 3.63) is 53.1 Å². The SMILES string of the molecule is CCC(CO)Nc1nc(Nc2cc(Cl)ccc2C)nc2ccccc12. The quantitative estimate of drug-likeness (QED) is 0.605. The van der Waals surface area contributed by atoms with Crippen molar-refractivity contribution < 1.29 is 5.11 Å². The minimum Gasteiger partial charge on any atom is -0.394 e. The number of aryl methyl sites for hydroxylation is 1. The topological polar surface area (TPSA) is 70.1 Å². The first kappa shape index (κ1) is 17.5. The van der Waals surface area contributed by atoms with Gasteiger partial charge in [-0.3, -0.25) is 0 Å². The van der Waals surface area contributed by atoms with Gasteiger partial charge in [-0.05, 0) is 43.2 Å². The molecule has 0 aliphatic carbocycles. The number of fused-ring (bicyclic) bond motifs is 1. The molecule has 2 aromatic carbocycles. The third-order valence-electron chi connectivity index (χ3n) is 4.10. The fourth-order valence-electron chi connectivity index (χ4n) is 2.56. The van der Waals surface area contributed by atoms with Crippen LogP contribution in [0.4, 0.5) is 17.5 Å². The monoisotopic (exact) mass is 356 g/mol. The molecule has 0 aliphatic rings. The number of aromatic nitrogens is 2. The molecule has 1 atom stereocenters. The third kappa shape index (κ3) is 4.00. The van der Waals surface area contributed by atoms with Crippen LogP contribution in [0.5, 0.6) is 0 Å². The minimum absolute atomic E-state index is 0.0466. The van der Waals surface area contributed by atoms with E-state index < -0.39 is 0 Å². The van der Waals surface area contributed by atoms with Crippen LogP contribution in [0, 0.1) is 6.92 Å². The van der Waals surface area contributed by atoms with E-state index in [4.69, 9.17) is 11.6 Å². The lowest BCUT2D eigenvalue weighted by atomic mass is 10.2. The van der Waals surface area contributed by atoms with Crippen molar-refractivity contribution in [1.29, 1.82) is 0 Å². The molecule has 0 bridgehead atoms. The number of benzene rings is 2. The van der Waals surface area contributed by atoms with E-state index in [9.17, 15) is 5.11 Å². The number of nitrogens with zero attached hydrogens (tertiary/aromatic N) is 2. The fourth-order valence-corrected chi connectivity index (χ4v) is 2.73. The van der Waals surface area contributed by atoms with Gasteiger partial charge in [0.2, 0.25) is 5.95 Å². The largest absolute Gasteiger partial charge is 0.394 e. The second-order valence-corrected chi connectivity index (χ2v) is 6.37. The maximum absolute atomic E-state index is 9.49. The van der Waals surface area contributed by atoms with E-state index in [-0.39, 0.29) is 12.6 Å². The highest BCUT2D eigenvalue weighted by atomic mass is 35.5. The van der Waals surface area contributed by atoms with E-state index in [1.807, 2.05) is 56.3 Å². The molecule has 25 heavy (non-hydrogen) atoms. The second-order valence-electron chi connectivity index (χ2n) is 5.93. The second kappa shape index (κ2) is 7.68. The van der Waals surface area contributed by atoms with Gasteiger partial charge in [0.1, 0.15) is 5.82 Å². The van der Waals surface area contributed by atoms with Crippen molar-refractivity contribution in [2.45, 2.75) is 26.3 Å². The molecule has 1 unspecified atom stereocenters. The van der Waals surface area contributed by atoms with E-state index in [0.29, 0.717) is 16.8 Å². The molecule has 3 rings (SSSR count). The van der Waals surface area contributed by atoms with Gasteiger partial charge < -0.3 is 15.7 Å². The maximum Gasteiger partial charge on any atom is 0.229 e. The Kier molecular flexibility index (Phi) is 5.36. The van der Waals surface area contributed by atoms with Crippen LogP contribution in [0.25, 0.3) is 10.9 Å². The summed E-state index contributed by atoms with van der Waals surface area (Å²) in [5.74, 6) is 1.19. The van der Waals surface area contributed by atoms with E-state index >= 15 is 0 Å². The average Bonchev–Trinajstić information content (AvgIpc) is 2.62. The molecule has 5 nitrogen and oxygen atoms in total. The smallest absolute Gasteiger partial charge is 0.229 e. The van der Waals surface area contributed by atoms with Crippen molar-refractivity contribution in [2.75, 3.05) is 17.2 Å². The lowest BCUT2D eigenvalue weighted by Crippen LogP contribution is -2.23. The zero-order valence-electron chi connectivity index (χ0n) is 14.3. The van der Waals surface area contributed by atoms with Crippen molar-refractivity contribution in [3.63, 3.8) is 0 Å².